The summed E-state index contributed by atoms with van der Waals surface area (Å²) in [5.41, 5.74) is 4.21. The summed E-state index contributed by atoms with van der Waals surface area (Å²) in [7, 11) is 0. The Balaban J connectivity index is 1.23. The van der Waals surface area contributed by atoms with Crippen molar-refractivity contribution in [3.05, 3.63) is 65.2 Å². The summed E-state index contributed by atoms with van der Waals surface area (Å²) in [5, 5.41) is 9.59. The second-order valence-electron chi connectivity index (χ2n) is 10.5. The molecule has 3 aromatic rings. The highest BCUT2D eigenvalue weighted by Gasteiger charge is 2.30. The number of benzene rings is 1. The van der Waals surface area contributed by atoms with E-state index in [0.717, 1.165) is 84.4 Å². The lowest BCUT2D eigenvalue weighted by Gasteiger charge is -2.27. The highest BCUT2D eigenvalue weighted by molar-refractivity contribution is 5.80. The number of aryl methyl sites for hydroxylation is 1. The molecule has 1 aromatic carbocycles. The topological polar surface area (TPSA) is 97.9 Å². The number of hydrogen-bond acceptors (Lipinski definition) is 7. The van der Waals surface area contributed by atoms with E-state index in [0.29, 0.717) is 25.3 Å². The van der Waals surface area contributed by atoms with Gasteiger partial charge in [-0.1, -0.05) is 18.2 Å². The number of aromatic nitrogens is 2. The number of carboxylic acid groups (broad SMARTS) is 1. The molecule has 200 valence electrons. The Kier molecular flexibility index (Phi) is 7.51. The lowest BCUT2D eigenvalue weighted by molar-refractivity contribution is -0.146. The maximum atomic E-state index is 11.7. The molecule has 8 heteroatoms. The molecular weight excluding hydrogens is 482 g/mol. The van der Waals surface area contributed by atoms with E-state index < -0.39 is 11.4 Å². The Morgan fingerprint density at radius 2 is 2.00 bits per heavy atom. The number of morpholine rings is 1. The van der Waals surface area contributed by atoms with Gasteiger partial charge in [-0.25, -0.2) is 9.97 Å². The third-order valence-corrected chi connectivity index (χ3v) is 7.29. The largest absolute Gasteiger partial charge is 0.493 e. The summed E-state index contributed by atoms with van der Waals surface area (Å²) in [5.74, 6) is 2.34. The van der Waals surface area contributed by atoms with E-state index in [-0.39, 0.29) is 0 Å². The lowest BCUT2D eigenvalue weighted by atomic mass is 9.79. The van der Waals surface area contributed by atoms with Gasteiger partial charge in [0, 0.05) is 31.3 Å². The first kappa shape index (κ1) is 26.0. The summed E-state index contributed by atoms with van der Waals surface area (Å²) in [6.45, 7) is 9.07. The fraction of sp³-hybridized carbons (Fsp3) is 0.433. The minimum absolute atomic E-state index is 0.469. The molecule has 0 atom stereocenters. The molecule has 1 N–H and O–H groups in total. The molecule has 2 aromatic heterocycles. The Bertz CT molecular complexity index is 1320. The Labute approximate surface area is 223 Å². The number of pyridine rings is 1. The third-order valence-electron chi connectivity index (χ3n) is 7.29. The van der Waals surface area contributed by atoms with Crippen molar-refractivity contribution in [1.29, 1.82) is 0 Å². The van der Waals surface area contributed by atoms with Gasteiger partial charge < -0.3 is 23.9 Å². The van der Waals surface area contributed by atoms with Crippen molar-refractivity contribution < 1.29 is 23.8 Å². The molecule has 0 radical (unpaired) electrons. The van der Waals surface area contributed by atoms with E-state index in [1.807, 2.05) is 37.4 Å². The maximum Gasteiger partial charge on any atom is 0.309 e. The van der Waals surface area contributed by atoms with Gasteiger partial charge in [-0.05, 0) is 69.4 Å². The quantitative estimate of drug-likeness (QED) is 0.407. The second-order valence-corrected chi connectivity index (χ2v) is 10.5. The van der Waals surface area contributed by atoms with Gasteiger partial charge >= 0.3 is 5.97 Å². The SMILES string of the molecule is Cc1oc(-c2ccc(N3CCOCC3)nc2)nc1CCOc1cccc2c1CCC=C2CC(C)(C)C(=O)O. The molecule has 1 aliphatic carbocycles. The molecule has 1 aliphatic heterocycles. The van der Waals surface area contributed by atoms with Gasteiger partial charge in [0.15, 0.2) is 0 Å². The highest BCUT2D eigenvalue weighted by atomic mass is 16.5. The predicted octanol–water partition coefficient (Wildman–Crippen LogP) is 5.33. The molecular formula is C30H35N3O5. The minimum atomic E-state index is -0.822. The van der Waals surface area contributed by atoms with Gasteiger partial charge in [-0.2, -0.15) is 0 Å². The van der Waals surface area contributed by atoms with Crippen LogP contribution in [0.25, 0.3) is 17.0 Å². The zero-order valence-electron chi connectivity index (χ0n) is 22.3. The molecule has 5 rings (SSSR count). The monoisotopic (exact) mass is 517 g/mol. The molecule has 0 spiro atoms. The number of carboxylic acids is 1. The van der Waals surface area contributed by atoms with Crippen LogP contribution in [0.2, 0.25) is 0 Å². The smallest absolute Gasteiger partial charge is 0.309 e. The van der Waals surface area contributed by atoms with Crippen LogP contribution >= 0.6 is 0 Å². The average Bonchev–Trinajstić information content (AvgIpc) is 3.29. The van der Waals surface area contributed by atoms with Gasteiger partial charge in [0.2, 0.25) is 5.89 Å². The fourth-order valence-electron chi connectivity index (χ4n) is 5.01. The van der Waals surface area contributed by atoms with Crippen LogP contribution in [-0.4, -0.2) is 54.0 Å². The Hall–Kier alpha value is -3.65. The number of nitrogens with zero attached hydrogens (tertiary/aromatic N) is 3. The molecule has 8 nitrogen and oxygen atoms in total. The zero-order valence-corrected chi connectivity index (χ0v) is 22.3. The van der Waals surface area contributed by atoms with E-state index in [9.17, 15) is 9.90 Å². The number of allylic oxidation sites excluding steroid dienone is 2. The normalized spacial score (nSPS) is 15.7. The first-order valence-corrected chi connectivity index (χ1v) is 13.2. The number of fused-ring (bicyclic) bond motifs is 1. The number of hydrogen-bond donors (Lipinski definition) is 1. The summed E-state index contributed by atoms with van der Waals surface area (Å²) >= 11 is 0. The van der Waals surface area contributed by atoms with Crippen LogP contribution in [0.15, 0.2) is 47.0 Å². The minimum Gasteiger partial charge on any atom is -0.493 e. The highest BCUT2D eigenvalue weighted by Crippen LogP contribution is 2.39. The van der Waals surface area contributed by atoms with Gasteiger partial charge in [0.25, 0.3) is 0 Å². The van der Waals surface area contributed by atoms with E-state index in [1.54, 1.807) is 13.8 Å². The van der Waals surface area contributed by atoms with Crippen molar-refractivity contribution in [3.8, 4) is 17.2 Å². The van der Waals surface area contributed by atoms with Crippen LogP contribution in [0.1, 0.15) is 49.3 Å². The number of ether oxygens (including phenoxy) is 2. The van der Waals surface area contributed by atoms with Crippen LogP contribution in [0.4, 0.5) is 5.82 Å². The van der Waals surface area contributed by atoms with Gasteiger partial charge in [-0.3, -0.25) is 4.79 Å². The molecule has 2 aliphatic rings. The van der Waals surface area contributed by atoms with Gasteiger partial charge in [0.1, 0.15) is 17.3 Å². The molecule has 0 saturated carbocycles. The summed E-state index contributed by atoms with van der Waals surface area (Å²) < 4.78 is 17.6. The molecule has 1 fully saturated rings. The van der Waals surface area contributed by atoms with Gasteiger partial charge in [-0.15, -0.1) is 0 Å². The Morgan fingerprint density at radius 1 is 1.18 bits per heavy atom. The molecule has 1 saturated heterocycles. The van der Waals surface area contributed by atoms with Crippen molar-refractivity contribution in [3.63, 3.8) is 0 Å². The molecule has 0 amide bonds. The van der Waals surface area contributed by atoms with Crippen molar-refractivity contribution in [2.24, 2.45) is 5.41 Å². The maximum absolute atomic E-state index is 11.7. The number of anilines is 1. The first-order chi connectivity index (χ1) is 18.3. The van der Waals surface area contributed by atoms with Crippen molar-refractivity contribution in [2.45, 2.75) is 46.5 Å². The average molecular weight is 518 g/mol. The number of oxazole rings is 1. The summed E-state index contributed by atoms with van der Waals surface area (Å²) in [6, 6.07) is 10.0. The lowest BCUT2D eigenvalue weighted by Crippen LogP contribution is -2.36. The second kappa shape index (κ2) is 11.0. The number of carbonyl (C=O) groups is 1. The van der Waals surface area contributed by atoms with Gasteiger partial charge in [0.05, 0.1) is 36.5 Å². The standard InChI is InChI=1S/C30H35N3O5/c1-20-25(32-28(38-20)22-10-11-27(31-19-22)33-13-16-36-17-14-33)12-15-37-26-9-5-7-23-21(6-4-8-24(23)26)18-30(2,3)29(34)35/h5-7,9-11,19H,4,8,12-18H2,1-3H3,(H,34,35). The van der Waals surface area contributed by atoms with E-state index in [4.69, 9.17) is 18.9 Å². The number of rotatable bonds is 9. The predicted molar refractivity (Wildman–Crippen MR) is 145 cm³/mol. The fourth-order valence-corrected chi connectivity index (χ4v) is 5.01. The van der Waals surface area contributed by atoms with Crippen LogP contribution in [-0.2, 0) is 22.4 Å². The molecule has 3 heterocycles. The summed E-state index contributed by atoms with van der Waals surface area (Å²) in [6.07, 6.45) is 6.84. The van der Waals surface area contributed by atoms with E-state index in [1.165, 1.54) is 0 Å². The van der Waals surface area contributed by atoms with E-state index >= 15 is 0 Å². The van der Waals surface area contributed by atoms with E-state index in [2.05, 4.69) is 22.0 Å². The summed E-state index contributed by atoms with van der Waals surface area (Å²) in [4.78, 5) is 23.2. The Morgan fingerprint density at radius 3 is 2.74 bits per heavy atom. The number of aliphatic carboxylic acids is 1. The van der Waals surface area contributed by atoms with Crippen molar-refractivity contribution in [1.82, 2.24) is 9.97 Å². The van der Waals surface area contributed by atoms with Crippen molar-refractivity contribution in [2.75, 3.05) is 37.8 Å². The van der Waals surface area contributed by atoms with Crippen LogP contribution in [0, 0.1) is 12.3 Å². The first-order valence-electron chi connectivity index (χ1n) is 13.2. The molecule has 0 unspecified atom stereocenters. The van der Waals surface area contributed by atoms with Crippen molar-refractivity contribution >= 4 is 17.4 Å². The third kappa shape index (κ3) is 5.60. The van der Waals surface area contributed by atoms with Crippen LogP contribution in [0.5, 0.6) is 5.75 Å². The zero-order chi connectivity index (χ0) is 26.7. The molecule has 38 heavy (non-hydrogen) atoms. The van der Waals surface area contributed by atoms with Crippen LogP contribution in [0.3, 0.4) is 0 Å². The van der Waals surface area contributed by atoms with Crippen LogP contribution < -0.4 is 9.64 Å². The molecule has 0 bridgehead atoms.